The third-order valence-electron chi connectivity index (χ3n) is 6.75. The van der Waals surface area contributed by atoms with E-state index in [1.54, 1.807) is 0 Å². The van der Waals surface area contributed by atoms with Crippen molar-refractivity contribution >= 4 is 39.1 Å². The quantitative estimate of drug-likeness (QED) is 0.587. The van der Waals surface area contributed by atoms with E-state index in [-0.39, 0.29) is 27.8 Å². The van der Waals surface area contributed by atoms with Gasteiger partial charge < -0.3 is 9.80 Å². The van der Waals surface area contributed by atoms with Crippen molar-refractivity contribution in [3.05, 3.63) is 28.2 Å². The van der Waals surface area contributed by atoms with Crippen molar-refractivity contribution in [3.63, 3.8) is 0 Å². The molecule has 3 rings (SSSR count). The van der Waals surface area contributed by atoms with Crippen LogP contribution in [0.3, 0.4) is 0 Å². The highest BCUT2D eigenvalue weighted by molar-refractivity contribution is 7.89. The number of hydrogen-bond donors (Lipinski definition) is 1. The van der Waals surface area contributed by atoms with Gasteiger partial charge in [0.15, 0.2) is 0 Å². The number of nitrogens with one attached hydrogen (secondary N) is 1. The first-order valence-electron chi connectivity index (χ1n) is 11.3. The number of carbonyl (C=O) groups is 1. The summed E-state index contributed by atoms with van der Waals surface area (Å²) in [6.45, 7) is 12.3. The zero-order valence-electron chi connectivity index (χ0n) is 19.3. The van der Waals surface area contributed by atoms with Crippen LogP contribution in [0.25, 0.3) is 0 Å². The molecule has 2 heterocycles. The molecule has 10 heteroatoms. The molecule has 0 saturated carbocycles. The molecular formula is C22H34Cl2N4O3S. The standard InChI is InChI=1S/C22H34Cl2N4O3S/c1-5-26(6-2)13-14-28-21(29)20(16(3)4)25-22(28)9-11-27(12-10-22)32(30,31)17-7-8-18(23)19(24)15-17/h7-8,15-16,20,25H,5-6,9-14H2,1-4H3. The second-order valence-electron chi connectivity index (χ2n) is 8.89. The zero-order valence-corrected chi connectivity index (χ0v) is 21.6. The first kappa shape index (κ1) is 25.7. The predicted molar refractivity (Wildman–Crippen MR) is 128 cm³/mol. The molecule has 0 bridgehead atoms. The maximum Gasteiger partial charge on any atom is 0.243 e. The van der Waals surface area contributed by atoms with Gasteiger partial charge in [0.05, 0.1) is 26.6 Å². The van der Waals surface area contributed by atoms with Gasteiger partial charge >= 0.3 is 0 Å². The summed E-state index contributed by atoms with van der Waals surface area (Å²) in [6, 6.07) is 4.13. The van der Waals surface area contributed by atoms with Gasteiger partial charge in [0.25, 0.3) is 0 Å². The van der Waals surface area contributed by atoms with Crippen LogP contribution in [0.4, 0.5) is 0 Å². The summed E-state index contributed by atoms with van der Waals surface area (Å²) in [7, 11) is -3.69. The number of piperidine rings is 1. The monoisotopic (exact) mass is 504 g/mol. The van der Waals surface area contributed by atoms with Crippen molar-refractivity contribution < 1.29 is 13.2 Å². The van der Waals surface area contributed by atoms with E-state index < -0.39 is 15.7 Å². The number of nitrogens with zero attached hydrogens (tertiary/aromatic N) is 3. The second kappa shape index (κ2) is 10.2. The molecule has 1 spiro atoms. The molecule has 0 aromatic heterocycles. The molecule has 2 fully saturated rings. The van der Waals surface area contributed by atoms with E-state index >= 15 is 0 Å². The third-order valence-corrected chi connectivity index (χ3v) is 9.39. The Balaban J connectivity index is 1.79. The Labute approximate surface area is 202 Å². The number of sulfonamides is 1. The maximum atomic E-state index is 13.3. The average Bonchev–Trinajstić information content (AvgIpc) is 3.02. The van der Waals surface area contributed by atoms with Gasteiger partial charge in [-0.3, -0.25) is 10.1 Å². The zero-order chi connectivity index (χ0) is 23.7. The normalized spacial score (nSPS) is 21.9. The van der Waals surface area contributed by atoms with Crippen LogP contribution >= 0.6 is 23.2 Å². The fourth-order valence-electron chi connectivity index (χ4n) is 4.66. The summed E-state index contributed by atoms with van der Waals surface area (Å²) in [5.41, 5.74) is -0.511. The minimum Gasteiger partial charge on any atom is -0.322 e. The van der Waals surface area contributed by atoms with E-state index in [4.69, 9.17) is 23.2 Å². The van der Waals surface area contributed by atoms with Gasteiger partial charge in [0, 0.05) is 26.2 Å². The van der Waals surface area contributed by atoms with Crippen LogP contribution in [-0.4, -0.2) is 79.4 Å². The summed E-state index contributed by atoms with van der Waals surface area (Å²) in [5.74, 6) is 0.281. The number of benzene rings is 1. The van der Waals surface area contributed by atoms with Gasteiger partial charge in [-0.05, 0) is 50.0 Å². The molecule has 180 valence electrons. The summed E-state index contributed by atoms with van der Waals surface area (Å²) in [4.78, 5) is 17.7. The first-order chi connectivity index (χ1) is 15.1. The van der Waals surface area contributed by atoms with Crippen LogP contribution in [0.5, 0.6) is 0 Å². The minimum absolute atomic E-state index is 0.118. The summed E-state index contributed by atoms with van der Waals surface area (Å²) in [5, 5.41) is 4.13. The summed E-state index contributed by atoms with van der Waals surface area (Å²) in [6.07, 6.45) is 1.08. The number of likely N-dealkylation sites (N-methyl/N-ethyl adjacent to an activating group) is 1. The van der Waals surface area contributed by atoms with Crippen molar-refractivity contribution in [2.24, 2.45) is 5.92 Å². The smallest absolute Gasteiger partial charge is 0.243 e. The van der Waals surface area contributed by atoms with Gasteiger partial charge in [-0.15, -0.1) is 0 Å². The van der Waals surface area contributed by atoms with Crippen LogP contribution in [0.15, 0.2) is 23.1 Å². The molecule has 0 aliphatic carbocycles. The molecule has 1 aromatic carbocycles. The largest absolute Gasteiger partial charge is 0.322 e. The fourth-order valence-corrected chi connectivity index (χ4v) is 6.49. The predicted octanol–water partition coefficient (Wildman–Crippen LogP) is 3.27. The van der Waals surface area contributed by atoms with Crippen molar-refractivity contribution in [2.45, 2.75) is 57.1 Å². The lowest BCUT2D eigenvalue weighted by molar-refractivity contribution is -0.134. The molecule has 2 aliphatic heterocycles. The fraction of sp³-hybridized carbons (Fsp3) is 0.682. The number of rotatable bonds is 8. The third kappa shape index (κ3) is 4.95. The van der Waals surface area contributed by atoms with Crippen molar-refractivity contribution in [2.75, 3.05) is 39.3 Å². The lowest BCUT2D eigenvalue weighted by atomic mass is 9.97. The van der Waals surface area contributed by atoms with Crippen molar-refractivity contribution in [3.8, 4) is 0 Å². The number of carbonyl (C=O) groups excluding carboxylic acids is 1. The molecule has 1 amide bonds. The Morgan fingerprint density at radius 3 is 2.31 bits per heavy atom. The SMILES string of the molecule is CCN(CC)CCN1C(=O)C(C(C)C)NC12CCN(S(=O)(=O)c1ccc(Cl)c(Cl)c1)CC2. The molecule has 2 saturated heterocycles. The average molecular weight is 506 g/mol. The lowest BCUT2D eigenvalue weighted by Gasteiger charge is -2.44. The van der Waals surface area contributed by atoms with Crippen molar-refractivity contribution in [1.29, 1.82) is 0 Å². The van der Waals surface area contributed by atoms with Gasteiger partial charge in [-0.1, -0.05) is 50.9 Å². The highest BCUT2D eigenvalue weighted by Gasteiger charge is 2.52. The Hall–Kier alpha value is -0.900. The molecule has 1 N–H and O–H groups in total. The van der Waals surface area contributed by atoms with Gasteiger partial charge in [-0.2, -0.15) is 4.31 Å². The van der Waals surface area contributed by atoms with Crippen LogP contribution in [0.1, 0.15) is 40.5 Å². The van der Waals surface area contributed by atoms with E-state index in [1.165, 1.54) is 22.5 Å². The maximum absolute atomic E-state index is 13.3. The van der Waals surface area contributed by atoms with Gasteiger partial charge in [0.2, 0.25) is 15.9 Å². The van der Waals surface area contributed by atoms with E-state index in [2.05, 4.69) is 24.1 Å². The molecule has 0 radical (unpaired) electrons. The van der Waals surface area contributed by atoms with E-state index in [1.807, 2.05) is 18.7 Å². The Bertz CT molecular complexity index is 929. The van der Waals surface area contributed by atoms with Crippen LogP contribution in [0, 0.1) is 5.92 Å². The highest BCUT2D eigenvalue weighted by Crippen LogP contribution is 2.36. The summed E-state index contributed by atoms with van der Waals surface area (Å²) >= 11 is 12.0. The van der Waals surface area contributed by atoms with Crippen LogP contribution in [0.2, 0.25) is 10.0 Å². The summed E-state index contributed by atoms with van der Waals surface area (Å²) < 4.78 is 27.8. The highest BCUT2D eigenvalue weighted by atomic mass is 35.5. The molecule has 32 heavy (non-hydrogen) atoms. The van der Waals surface area contributed by atoms with E-state index in [0.29, 0.717) is 37.5 Å². The Morgan fingerprint density at radius 2 is 1.78 bits per heavy atom. The topological polar surface area (TPSA) is 73.0 Å². The first-order valence-corrected chi connectivity index (χ1v) is 13.5. The number of amides is 1. The molecule has 1 unspecified atom stereocenters. The molecule has 2 aliphatic rings. The van der Waals surface area contributed by atoms with Gasteiger partial charge in [-0.25, -0.2) is 8.42 Å². The molecule has 7 nitrogen and oxygen atoms in total. The van der Waals surface area contributed by atoms with Gasteiger partial charge in [0.1, 0.15) is 0 Å². The van der Waals surface area contributed by atoms with E-state index in [9.17, 15) is 13.2 Å². The number of hydrogen-bond acceptors (Lipinski definition) is 5. The molecular weight excluding hydrogens is 471 g/mol. The van der Waals surface area contributed by atoms with Crippen LogP contribution in [-0.2, 0) is 14.8 Å². The molecule has 1 atom stereocenters. The van der Waals surface area contributed by atoms with Crippen LogP contribution < -0.4 is 5.32 Å². The second-order valence-corrected chi connectivity index (χ2v) is 11.6. The Kier molecular flexibility index (Phi) is 8.16. The number of halogens is 2. The van der Waals surface area contributed by atoms with E-state index in [0.717, 1.165) is 19.6 Å². The minimum atomic E-state index is -3.69. The molecule has 1 aromatic rings. The lowest BCUT2D eigenvalue weighted by Crippen LogP contribution is -2.60. The van der Waals surface area contributed by atoms with Crippen molar-refractivity contribution in [1.82, 2.24) is 19.4 Å². The Morgan fingerprint density at radius 1 is 1.16 bits per heavy atom.